The van der Waals surface area contributed by atoms with Crippen LogP contribution >= 0.6 is 23.1 Å². The fourth-order valence-corrected chi connectivity index (χ4v) is 5.50. The third-order valence-electron chi connectivity index (χ3n) is 3.88. The highest BCUT2D eigenvalue weighted by Crippen LogP contribution is 2.32. The Hall–Kier alpha value is -1.38. The minimum Gasteiger partial charge on any atom is -0.293 e. The highest BCUT2D eigenvalue weighted by atomic mass is 32.2. The van der Waals surface area contributed by atoms with Gasteiger partial charge in [-0.2, -0.15) is 0 Å². The minimum atomic E-state index is -3.25. The fourth-order valence-electron chi connectivity index (χ4n) is 2.60. The maximum Gasteiger partial charge on any atom is 0.234 e. The Morgan fingerprint density at radius 2 is 2.21 bits per heavy atom. The molecule has 0 amide bonds. The Kier molecular flexibility index (Phi) is 4.98. The first-order valence-electron chi connectivity index (χ1n) is 7.62. The second kappa shape index (κ2) is 6.85. The zero-order valence-corrected chi connectivity index (χ0v) is 15.9. The van der Waals surface area contributed by atoms with E-state index >= 15 is 0 Å². The van der Waals surface area contributed by atoms with Gasteiger partial charge in [0.15, 0.2) is 10.1 Å². The van der Waals surface area contributed by atoms with Gasteiger partial charge in [0, 0.05) is 23.2 Å². The molecule has 1 aliphatic heterocycles. The van der Waals surface area contributed by atoms with Gasteiger partial charge in [-0.05, 0) is 44.0 Å². The number of Topliss-reactive ketones (excluding diaryl/α,β-unsaturated/α-hetero) is 1. The first-order valence-corrected chi connectivity index (χ1v) is 11.1. The molecule has 2 heterocycles. The molecule has 0 saturated heterocycles. The maximum absolute atomic E-state index is 12.4. The van der Waals surface area contributed by atoms with Crippen LogP contribution < -0.4 is 4.31 Å². The van der Waals surface area contributed by atoms with Gasteiger partial charge in [0.05, 0.1) is 17.2 Å². The van der Waals surface area contributed by atoms with Crippen LogP contribution in [-0.4, -0.2) is 37.2 Å². The molecule has 0 saturated carbocycles. The van der Waals surface area contributed by atoms with E-state index in [1.54, 1.807) is 19.1 Å². The summed E-state index contributed by atoms with van der Waals surface area (Å²) in [7, 11) is -3.25. The van der Waals surface area contributed by atoms with Crippen molar-refractivity contribution in [2.45, 2.75) is 24.6 Å². The van der Waals surface area contributed by atoms with Crippen LogP contribution in [-0.2, 0) is 16.4 Å². The molecule has 128 valence electrons. The van der Waals surface area contributed by atoms with Crippen LogP contribution in [0, 0.1) is 6.92 Å². The monoisotopic (exact) mass is 382 g/mol. The Balaban J connectivity index is 1.73. The van der Waals surface area contributed by atoms with Gasteiger partial charge in [-0.1, -0.05) is 11.8 Å². The molecule has 1 aromatic carbocycles. The Morgan fingerprint density at radius 1 is 1.42 bits per heavy atom. The summed E-state index contributed by atoms with van der Waals surface area (Å²) in [4.78, 5) is 16.7. The highest BCUT2D eigenvalue weighted by molar-refractivity contribution is 8.01. The van der Waals surface area contributed by atoms with E-state index in [0.717, 1.165) is 15.6 Å². The van der Waals surface area contributed by atoms with Crippen molar-refractivity contribution in [3.05, 3.63) is 40.4 Å². The predicted molar refractivity (Wildman–Crippen MR) is 98.9 cm³/mol. The largest absolute Gasteiger partial charge is 0.293 e. The zero-order chi connectivity index (χ0) is 17.3. The third kappa shape index (κ3) is 3.50. The molecule has 0 aliphatic carbocycles. The number of benzene rings is 1. The molecule has 0 N–H and O–H groups in total. The Morgan fingerprint density at radius 3 is 2.88 bits per heavy atom. The minimum absolute atomic E-state index is 0.0347. The number of nitrogens with zero attached hydrogens (tertiary/aromatic N) is 2. The van der Waals surface area contributed by atoms with Crippen molar-refractivity contribution in [1.29, 1.82) is 0 Å². The lowest BCUT2D eigenvalue weighted by molar-refractivity contribution is 0.102. The number of sulfonamides is 1. The van der Waals surface area contributed by atoms with Crippen LogP contribution in [0.3, 0.4) is 0 Å². The fraction of sp³-hybridized carbons (Fsp3) is 0.375. The summed E-state index contributed by atoms with van der Waals surface area (Å²) in [6.45, 7) is 4.03. The summed E-state index contributed by atoms with van der Waals surface area (Å²) in [5, 5.41) is 1.96. The Bertz CT molecular complexity index is 874. The van der Waals surface area contributed by atoms with Gasteiger partial charge in [0.25, 0.3) is 0 Å². The van der Waals surface area contributed by atoms with Crippen molar-refractivity contribution in [2.24, 2.45) is 0 Å². The molecule has 0 unspecified atom stereocenters. The van der Waals surface area contributed by atoms with Crippen molar-refractivity contribution in [3.8, 4) is 0 Å². The molecule has 24 heavy (non-hydrogen) atoms. The summed E-state index contributed by atoms with van der Waals surface area (Å²) in [5.41, 5.74) is 3.22. The van der Waals surface area contributed by atoms with Crippen molar-refractivity contribution in [2.75, 3.05) is 22.4 Å². The number of fused-ring (bicyclic) bond motifs is 1. The number of carbonyl (C=O) groups excluding carboxylic acids is 1. The van der Waals surface area contributed by atoms with Crippen molar-refractivity contribution >= 4 is 44.6 Å². The normalized spacial score (nSPS) is 14.0. The van der Waals surface area contributed by atoms with Gasteiger partial charge in [0.2, 0.25) is 10.0 Å². The van der Waals surface area contributed by atoms with E-state index in [2.05, 4.69) is 4.98 Å². The molecule has 1 aromatic heterocycles. The van der Waals surface area contributed by atoms with E-state index in [-0.39, 0.29) is 11.5 Å². The number of anilines is 1. The van der Waals surface area contributed by atoms with Crippen LogP contribution in [0.4, 0.5) is 5.69 Å². The van der Waals surface area contributed by atoms with E-state index in [0.29, 0.717) is 30.0 Å². The summed E-state index contributed by atoms with van der Waals surface area (Å²) in [5.74, 6) is 0.451. The zero-order valence-electron chi connectivity index (χ0n) is 13.5. The molecule has 0 radical (unpaired) electrons. The lowest BCUT2D eigenvalue weighted by Crippen LogP contribution is -2.30. The summed E-state index contributed by atoms with van der Waals surface area (Å²) in [6.07, 6.45) is 0.647. The number of thioether (sulfide) groups is 1. The lowest BCUT2D eigenvalue weighted by atomic mass is 10.1. The van der Waals surface area contributed by atoms with Crippen LogP contribution in [0.25, 0.3) is 0 Å². The summed E-state index contributed by atoms with van der Waals surface area (Å²) in [6, 6.07) is 5.30. The topological polar surface area (TPSA) is 67.3 Å². The smallest absolute Gasteiger partial charge is 0.234 e. The number of thiazole rings is 1. The SMILES string of the molecule is CCS(=O)(=O)N1CCc2cc(C(=O)CSc3nc(C)cs3)ccc21. The third-order valence-corrected chi connectivity index (χ3v) is 7.80. The van der Waals surface area contributed by atoms with Crippen molar-refractivity contribution in [1.82, 2.24) is 4.98 Å². The molecule has 5 nitrogen and oxygen atoms in total. The van der Waals surface area contributed by atoms with Gasteiger partial charge in [-0.3, -0.25) is 9.10 Å². The molecule has 0 fully saturated rings. The molecule has 0 atom stereocenters. The first-order chi connectivity index (χ1) is 11.4. The van der Waals surface area contributed by atoms with E-state index in [1.165, 1.54) is 27.4 Å². The van der Waals surface area contributed by atoms with Crippen LogP contribution in [0.15, 0.2) is 27.9 Å². The van der Waals surface area contributed by atoms with Gasteiger partial charge in [-0.15, -0.1) is 11.3 Å². The number of hydrogen-bond acceptors (Lipinski definition) is 6. The van der Waals surface area contributed by atoms with E-state index < -0.39 is 10.0 Å². The number of aryl methyl sites for hydroxylation is 1. The number of hydrogen-bond donors (Lipinski definition) is 0. The van der Waals surface area contributed by atoms with E-state index in [4.69, 9.17) is 0 Å². The number of carbonyl (C=O) groups is 1. The molecule has 3 rings (SSSR count). The van der Waals surface area contributed by atoms with Crippen molar-refractivity contribution < 1.29 is 13.2 Å². The second-order valence-corrected chi connectivity index (χ2v) is 9.80. The van der Waals surface area contributed by atoms with Crippen LogP contribution in [0.5, 0.6) is 0 Å². The average molecular weight is 383 g/mol. The first kappa shape index (κ1) is 17.4. The molecule has 0 spiro atoms. The number of rotatable bonds is 6. The molecule has 2 aromatic rings. The van der Waals surface area contributed by atoms with Gasteiger partial charge < -0.3 is 0 Å². The van der Waals surface area contributed by atoms with Crippen LogP contribution in [0.2, 0.25) is 0 Å². The van der Waals surface area contributed by atoms with Crippen molar-refractivity contribution in [3.63, 3.8) is 0 Å². The molecule has 0 bridgehead atoms. The standard InChI is InChI=1S/C16H18N2O3S3/c1-3-24(20,21)18-7-6-12-8-13(4-5-14(12)18)15(19)10-23-16-17-11(2)9-22-16/h4-5,8-9H,3,6-7,10H2,1-2H3. The summed E-state index contributed by atoms with van der Waals surface area (Å²) < 4.78 is 26.5. The lowest BCUT2D eigenvalue weighted by Gasteiger charge is -2.18. The molecular formula is C16H18N2O3S3. The Labute approximate surface area is 150 Å². The molecule has 1 aliphatic rings. The number of ketones is 1. The maximum atomic E-state index is 12.4. The molecule has 8 heteroatoms. The van der Waals surface area contributed by atoms with E-state index in [9.17, 15) is 13.2 Å². The second-order valence-electron chi connectivity index (χ2n) is 5.53. The quantitative estimate of drug-likeness (QED) is 0.567. The molecular weight excluding hydrogens is 364 g/mol. The van der Waals surface area contributed by atoms with E-state index in [1.807, 2.05) is 18.4 Å². The van der Waals surface area contributed by atoms with Gasteiger partial charge in [-0.25, -0.2) is 13.4 Å². The van der Waals surface area contributed by atoms with Gasteiger partial charge >= 0.3 is 0 Å². The predicted octanol–water partition coefficient (Wildman–Crippen LogP) is 3.14. The van der Waals surface area contributed by atoms with Crippen LogP contribution in [0.1, 0.15) is 28.5 Å². The summed E-state index contributed by atoms with van der Waals surface area (Å²) >= 11 is 2.98. The number of aromatic nitrogens is 1. The average Bonchev–Trinajstić information content (AvgIpc) is 3.18. The van der Waals surface area contributed by atoms with Gasteiger partial charge in [0.1, 0.15) is 0 Å². The highest BCUT2D eigenvalue weighted by Gasteiger charge is 2.28.